The molecule has 5 nitrogen and oxygen atoms in total. The van der Waals surface area contributed by atoms with E-state index in [9.17, 15) is 9.59 Å². The van der Waals surface area contributed by atoms with E-state index in [4.69, 9.17) is 9.84 Å². The first kappa shape index (κ1) is 13.9. The number of rotatable bonds is 5. The highest BCUT2D eigenvalue weighted by molar-refractivity contribution is 5.89. The Morgan fingerprint density at radius 1 is 1.19 bits per heavy atom. The Hall–Kier alpha value is -2.04. The Balaban J connectivity index is 1.57. The third-order valence-electron chi connectivity index (χ3n) is 4.29. The zero-order chi connectivity index (χ0) is 14.9. The molecule has 0 unspecified atom stereocenters. The van der Waals surface area contributed by atoms with Gasteiger partial charge in [-0.1, -0.05) is 18.2 Å². The van der Waals surface area contributed by atoms with Gasteiger partial charge in [-0.25, -0.2) is 0 Å². The van der Waals surface area contributed by atoms with Crippen molar-refractivity contribution >= 4 is 11.9 Å². The molecule has 2 saturated carbocycles. The minimum atomic E-state index is -0.770. The van der Waals surface area contributed by atoms with E-state index in [0.717, 1.165) is 6.42 Å². The maximum atomic E-state index is 12.4. The summed E-state index contributed by atoms with van der Waals surface area (Å²) in [6.45, 7) is 0. The van der Waals surface area contributed by atoms with Gasteiger partial charge in [0.2, 0.25) is 0 Å². The number of para-hydroxylation sites is 1. The van der Waals surface area contributed by atoms with Gasteiger partial charge in [-0.05, 0) is 31.4 Å². The fourth-order valence-electron chi connectivity index (χ4n) is 2.86. The predicted molar refractivity (Wildman–Crippen MR) is 75.9 cm³/mol. The minimum Gasteiger partial charge on any atom is -0.481 e. The number of carboxylic acid groups (broad SMARTS) is 1. The van der Waals surface area contributed by atoms with Crippen molar-refractivity contribution in [3.63, 3.8) is 0 Å². The number of nitrogens with one attached hydrogen (secondary N) is 1. The molecule has 0 radical (unpaired) electrons. The van der Waals surface area contributed by atoms with Gasteiger partial charge in [-0.3, -0.25) is 9.59 Å². The molecule has 2 aliphatic carbocycles. The lowest BCUT2D eigenvalue weighted by molar-refractivity contribution is -0.141. The normalized spacial score (nSPS) is 26.1. The van der Waals surface area contributed by atoms with Crippen molar-refractivity contribution in [2.24, 2.45) is 5.92 Å². The van der Waals surface area contributed by atoms with Crippen LogP contribution in [0, 0.1) is 5.92 Å². The van der Waals surface area contributed by atoms with E-state index in [1.54, 1.807) is 0 Å². The summed E-state index contributed by atoms with van der Waals surface area (Å²) in [6.07, 6.45) is 3.30. The number of carbonyl (C=O) groups excluding carboxylic acids is 1. The quantitative estimate of drug-likeness (QED) is 0.869. The summed E-state index contributed by atoms with van der Waals surface area (Å²) < 4.78 is 5.83. The van der Waals surface area contributed by atoms with Gasteiger partial charge >= 0.3 is 5.97 Å². The second-order valence-corrected chi connectivity index (χ2v) is 5.93. The molecule has 21 heavy (non-hydrogen) atoms. The maximum Gasteiger partial charge on any atom is 0.306 e. The lowest BCUT2D eigenvalue weighted by atomic mass is 10.1. The summed E-state index contributed by atoms with van der Waals surface area (Å²) in [5.74, 6) is -0.517. The summed E-state index contributed by atoms with van der Waals surface area (Å²) >= 11 is 0. The van der Waals surface area contributed by atoms with Gasteiger partial charge in [0.05, 0.1) is 5.92 Å². The highest BCUT2D eigenvalue weighted by Crippen LogP contribution is 2.41. The van der Waals surface area contributed by atoms with Crippen LogP contribution in [0.5, 0.6) is 5.75 Å². The van der Waals surface area contributed by atoms with Crippen LogP contribution < -0.4 is 10.1 Å². The molecule has 0 spiro atoms. The first-order valence-electron chi connectivity index (χ1n) is 7.37. The Morgan fingerprint density at radius 2 is 1.90 bits per heavy atom. The Kier molecular flexibility index (Phi) is 3.57. The van der Waals surface area contributed by atoms with E-state index in [2.05, 4.69) is 5.32 Å². The Labute approximate surface area is 123 Å². The molecule has 3 rings (SSSR count). The summed E-state index contributed by atoms with van der Waals surface area (Å²) in [4.78, 5) is 23.3. The monoisotopic (exact) mass is 289 g/mol. The van der Waals surface area contributed by atoms with Gasteiger partial charge in [-0.2, -0.15) is 0 Å². The van der Waals surface area contributed by atoms with E-state index in [-0.39, 0.29) is 17.9 Å². The third kappa shape index (κ3) is 3.01. The van der Waals surface area contributed by atoms with Gasteiger partial charge in [-0.15, -0.1) is 0 Å². The molecule has 0 saturated heterocycles. The molecule has 5 heteroatoms. The average molecular weight is 289 g/mol. The minimum absolute atomic E-state index is 0.0459. The van der Waals surface area contributed by atoms with Crippen molar-refractivity contribution in [3.05, 3.63) is 30.3 Å². The maximum absolute atomic E-state index is 12.4. The van der Waals surface area contributed by atoms with Crippen LogP contribution in [0.15, 0.2) is 30.3 Å². The van der Waals surface area contributed by atoms with Crippen LogP contribution in [0.3, 0.4) is 0 Å². The molecule has 0 aromatic heterocycles. The molecule has 1 aromatic carbocycles. The van der Waals surface area contributed by atoms with E-state index in [1.807, 2.05) is 30.3 Å². The lowest BCUT2D eigenvalue weighted by Gasteiger charge is -2.20. The molecular formula is C16H19NO4. The largest absolute Gasteiger partial charge is 0.481 e. The molecule has 0 bridgehead atoms. The van der Waals surface area contributed by atoms with E-state index in [1.165, 1.54) is 0 Å². The van der Waals surface area contributed by atoms with E-state index in [0.29, 0.717) is 31.4 Å². The highest BCUT2D eigenvalue weighted by Gasteiger charge is 2.53. The molecule has 2 fully saturated rings. The molecule has 2 N–H and O–H groups in total. The number of carboxylic acids is 1. The average Bonchev–Trinajstić information content (AvgIpc) is 3.09. The lowest BCUT2D eigenvalue weighted by Crippen LogP contribution is -2.44. The van der Waals surface area contributed by atoms with Crippen LogP contribution in [0.4, 0.5) is 0 Å². The van der Waals surface area contributed by atoms with Gasteiger partial charge in [0, 0.05) is 18.9 Å². The molecule has 1 aromatic rings. The Bertz CT molecular complexity index is 538. The number of carbonyl (C=O) groups is 2. The van der Waals surface area contributed by atoms with Gasteiger partial charge in [0.15, 0.2) is 5.60 Å². The Morgan fingerprint density at radius 3 is 2.48 bits per heavy atom. The second kappa shape index (κ2) is 5.39. The van der Waals surface area contributed by atoms with Crippen LogP contribution in [0.2, 0.25) is 0 Å². The zero-order valence-corrected chi connectivity index (χ0v) is 11.7. The number of ether oxygens (including phenoxy) is 1. The van der Waals surface area contributed by atoms with Crippen molar-refractivity contribution in [2.75, 3.05) is 0 Å². The first-order chi connectivity index (χ1) is 10.1. The van der Waals surface area contributed by atoms with Crippen molar-refractivity contribution in [1.82, 2.24) is 5.32 Å². The van der Waals surface area contributed by atoms with Gasteiger partial charge in [0.1, 0.15) is 5.75 Å². The SMILES string of the molecule is O=C(O)[C@@H]1CC[C@H](NC(=O)C2(Oc3ccccc3)CC2)C1. The molecular weight excluding hydrogens is 270 g/mol. The van der Waals surface area contributed by atoms with Crippen LogP contribution in [0.1, 0.15) is 32.1 Å². The number of hydrogen-bond donors (Lipinski definition) is 2. The third-order valence-corrected chi connectivity index (χ3v) is 4.29. The molecule has 0 aliphatic heterocycles. The van der Waals surface area contributed by atoms with E-state index < -0.39 is 11.6 Å². The molecule has 1 amide bonds. The molecule has 0 heterocycles. The molecule has 112 valence electrons. The summed E-state index contributed by atoms with van der Waals surface area (Å²) in [6, 6.07) is 9.27. The van der Waals surface area contributed by atoms with E-state index >= 15 is 0 Å². The predicted octanol–water partition coefficient (Wildman–Crippen LogP) is 1.97. The van der Waals surface area contributed by atoms with Crippen LogP contribution in [-0.2, 0) is 9.59 Å². The van der Waals surface area contributed by atoms with Crippen LogP contribution in [-0.4, -0.2) is 28.6 Å². The summed E-state index contributed by atoms with van der Waals surface area (Å²) in [5, 5.41) is 12.0. The number of benzene rings is 1. The van der Waals surface area contributed by atoms with Crippen molar-refractivity contribution in [3.8, 4) is 5.75 Å². The number of amides is 1. The smallest absolute Gasteiger partial charge is 0.306 e. The summed E-state index contributed by atoms with van der Waals surface area (Å²) in [5.41, 5.74) is -0.747. The fraction of sp³-hybridized carbons (Fsp3) is 0.500. The van der Waals surface area contributed by atoms with Gasteiger partial charge < -0.3 is 15.2 Å². The molecule has 2 atom stereocenters. The van der Waals surface area contributed by atoms with Crippen LogP contribution in [0.25, 0.3) is 0 Å². The summed E-state index contributed by atoms with van der Waals surface area (Å²) in [7, 11) is 0. The van der Waals surface area contributed by atoms with Crippen molar-refractivity contribution in [1.29, 1.82) is 0 Å². The first-order valence-corrected chi connectivity index (χ1v) is 7.37. The topological polar surface area (TPSA) is 75.6 Å². The number of hydrogen-bond acceptors (Lipinski definition) is 3. The van der Waals surface area contributed by atoms with Crippen LogP contribution >= 0.6 is 0 Å². The number of aliphatic carboxylic acids is 1. The standard InChI is InChI=1S/C16H19NO4/c18-14(19)11-6-7-12(10-11)17-15(20)16(8-9-16)21-13-4-2-1-3-5-13/h1-5,11-12H,6-10H2,(H,17,20)(H,18,19)/t11-,12+/m1/s1. The second-order valence-electron chi connectivity index (χ2n) is 5.93. The highest BCUT2D eigenvalue weighted by atomic mass is 16.5. The zero-order valence-electron chi connectivity index (χ0n) is 11.7. The fourth-order valence-corrected chi connectivity index (χ4v) is 2.86. The van der Waals surface area contributed by atoms with Gasteiger partial charge in [0.25, 0.3) is 5.91 Å². The van der Waals surface area contributed by atoms with Crippen molar-refractivity contribution < 1.29 is 19.4 Å². The molecule has 2 aliphatic rings. The van der Waals surface area contributed by atoms with Crippen molar-refractivity contribution in [2.45, 2.75) is 43.7 Å².